The Balaban J connectivity index is 1.35. The number of aromatic nitrogens is 4. The molecule has 5 rings (SSSR count). The van der Waals surface area contributed by atoms with Crippen LogP contribution in [-0.4, -0.2) is 57.5 Å². The highest BCUT2D eigenvalue weighted by molar-refractivity contribution is 8.68. The Bertz CT molecular complexity index is 1360. The van der Waals surface area contributed by atoms with Gasteiger partial charge in [0, 0.05) is 11.2 Å². The molecule has 2 saturated heterocycles. The molecule has 9 nitrogen and oxygen atoms in total. The van der Waals surface area contributed by atoms with E-state index in [0.29, 0.717) is 18.0 Å². The Morgan fingerprint density at radius 2 is 2.13 bits per heavy atom. The Morgan fingerprint density at radius 1 is 1.38 bits per heavy atom. The van der Waals surface area contributed by atoms with Crippen molar-refractivity contribution in [2.24, 2.45) is 5.92 Å². The van der Waals surface area contributed by atoms with Crippen LogP contribution < -0.4 is 5.56 Å². The number of nitrogens with one attached hydrogen (secondary N) is 1. The zero-order valence-corrected chi connectivity index (χ0v) is 27.5. The third kappa shape index (κ3) is 5.77. The van der Waals surface area contributed by atoms with Crippen LogP contribution in [0.25, 0.3) is 11.2 Å². The van der Waals surface area contributed by atoms with Crippen LogP contribution in [0.1, 0.15) is 66.5 Å². The molecule has 3 fully saturated rings. The second-order valence-electron chi connectivity index (χ2n) is 12.9. The molecule has 2 aliphatic heterocycles. The minimum Gasteiger partial charge on any atom is -0.411 e. The number of nitrogens with zero attached hydrogens (tertiary/aromatic N) is 3. The molecule has 1 N–H and O–H groups in total. The molecule has 0 radical (unpaired) electrons. The van der Waals surface area contributed by atoms with Gasteiger partial charge >= 0.3 is 0 Å². The van der Waals surface area contributed by atoms with Gasteiger partial charge in [0.15, 0.2) is 19.5 Å². The first-order chi connectivity index (χ1) is 18.1. The molecule has 3 aliphatic rings. The highest BCUT2D eigenvalue weighted by Gasteiger charge is 2.54. The van der Waals surface area contributed by atoms with E-state index in [2.05, 4.69) is 69.2 Å². The van der Waals surface area contributed by atoms with Gasteiger partial charge in [0.1, 0.15) is 12.3 Å². The molecule has 1 aliphatic carbocycles. The number of rotatable bonds is 7. The van der Waals surface area contributed by atoms with Crippen LogP contribution in [-0.2, 0) is 30.0 Å². The smallest absolute Gasteiger partial charge is 0.278 e. The predicted molar refractivity (Wildman–Crippen MR) is 162 cm³/mol. The van der Waals surface area contributed by atoms with E-state index in [-0.39, 0.29) is 52.0 Å². The maximum Gasteiger partial charge on any atom is 0.278 e. The van der Waals surface area contributed by atoms with Gasteiger partial charge in [-0.25, -0.2) is 9.97 Å². The average Bonchev–Trinajstić information content (AvgIpc) is 3.49. The van der Waals surface area contributed by atoms with Crippen molar-refractivity contribution in [3.63, 3.8) is 0 Å². The largest absolute Gasteiger partial charge is 0.411 e. The van der Waals surface area contributed by atoms with E-state index >= 15 is 0 Å². The molecule has 2 aromatic rings. The van der Waals surface area contributed by atoms with Gasteiger partial charge in [-0.15, -0.1) is 0 Å². The summed E-state index contributed by atoms with van der Waals surface area (Å²) in [7, 11) is -2.12. The lowest BCUT2D eigenvalue weighted by Gasteiger charge is -2.39. The van der Waals surface area contributed by atoms with Crippen LogP contribution in [0.3, 0.4) is 0 Å². The van der Waals surface area contributed by atoms with Crippen LogP contribution in [0.4, 0.5) is 0 Å². The summed E-state index contributed by atoms with van der Waals surface area (Å²) in [6, 6.07) is 0. The summed E-state index contributed by atoms with van der Waals surface area (Å²) in [5.74, 6) is 0.470. The molecule has 0 bridgehead atoms. The molecule has 13 heteroatoms. The number of fused-ring (bicyclic) bond motifs is 2. The standard InChI is InChI=1S/C26H41N4O5PS2Si/c1-16(2)17-9-10-26(6)20(11-17)34-36(37,38-26)32-13-19-18(35-39(7,8)25(3,4)5)12-21(33-19)30-15-29-22-23(30)27-14-28-24(22)31/h14-15,17-21H,1,9-13H2,2-8H3,(H,27,28,31)/t17-,18?,19+,20+,21+,26+,36+/m0/s1. The number of ether oxygens (including phenoxy) is 1. The van der Waals surface area contributed by atoms with Gasteiger partial charge in [-0.2, -0.15) is 0 Å². The van der Waals surface area contributed by atoms with Gasteiger partial charge < -0.3 is 23.2 Å². The first-order valence-electron chi connectivity index (χ1n) is 13.6. The molecule has 0 amide bonds. The number of allylic oxidation sites excluding steroid dienone is 1. The van der Waals surface area contributed by atoms with Crippen LogP contribution in [0.5, 0.6) is 0 Å². The van der Waals surface area contributed by atoms with Crippen molar-refractivity contribution in [2.75, 3.05) is 6.61 Å². The van der Waals surface area contributed by atoms with E-state index in [9.17, 15) is 4.79 Å². The molecule has 7 atom stereocenters. The van der Waals surface area contributed by atoms with Crippen LogP contribution >= 0.6 is 17.1 Å². The summed E-state index contributed by atoms with van der Waals surface area (Å²) < 4.78 is 28.2. The third-order valence-corrected chi connectivity index (χ3v) is 19.3. The number of hydrogen-bond donors (Lipinski definition) is 1. The second kappa shape index (κ2) is 10.5. The molecule has 216 valence electrons. The predicted octanol–water partition coefficient (Wildman–Crippen LogP) is 6.31. The van der Waals surface area contributed by atoms with Crippen molar-refractivity contribution in [3.05, 3.63) is 35.2 Å². The van der Waals surface area contributed by atoms with E-state index in [1.807, 2.05) is 4.57 Å². The summed E-state index contributed by atoms with van der Waals surface area (Å²) in [6.07, 6.45) is 5.84. The molecular formula is C26H41N4O5PS2Si. The fourth-order valence-electron chi connectivity index (χ4n) is 5.38. The van der Waals surface area contributed by atoms with E-state index in [1.54, 1.807) is 17.7 Å². The maximum atomic E-state index is 12.2. The van der Waals surface area contributed by atoms with Gasteiger partial charge in [-0.05, 0) is 69.0 Å². The zero-order chi connectivity index (χ0) is 28.4. The van der Waals surface area contributed by atoms with Crippen molar-refractivity contribution in [1.82, 2.24) is 19.5 Å². The summed E-state index contributed by atoms with van der Waals surface area (Å²) >= 11 is 7.76. The Morgan fingerprint density at radius 3 is 2.82 bits per heavy atom. The normalized spacial score (nSPS) is 35.4. The lowest BCUT2D eigenvalue weighted by Crippen LogP contribution is -2.46. The minimum absolute atomic E-state index is 0.0355. The molecule has 0 aromatic carbocycles. The summed E-state index contributed by atoms with van der Waals surface area (Å²) in [4.78, 5) is 23.5. The van der Waals surface area contributed by atoms with Gasteiger partial charge in [-0.1, -0.05) is 44.3 Å². The average molecular weight is 613 g/mol. The Kier molecular flexibility index (Phi) is 7.94. The minimum atomic E-state index is -2.57. The van der Waals surface area contributed by atoms with E-state index in [4.69, 9.17) is 30.0 Å². The highest BCUT2D eigenvalue weighted by atomic mass is 32.9. The fraction of sp³-hybridized carbons (Fsp3) is 0.731. The van der Waals surface area contributed by atoms with E-state index in [0.717, 1.165) is 19.3 Å². The van der Waals surface area contributed by atoms with Gasteiger partial charge in [0.2, 0.25) is 5.69 Å². The van der Waals surface area contributed by atoms with Crippen molar-refractivity contribution >= 4 is 48.4 Å². The maximum absolute atomic E-state index is 12.2. The zero-order valence-electron chi connectivity index (χ0n) is 23.9. The highest BCUT2D eigenvalue weighted by Crippen LogP contribution is 2.75. The Labute approximate surface area is 240 Å². The number of aromatic amines is 1. The number of hydrogen-bond acceptors (Lipinski definition) is 9. The van der Waals surface area contributed by atoms with Gasteiger partial charge in [0.25, 0.3) is 5.56 Å². The quantitative estimate of drug-likeness (QED) is 0.219. The number of imidazole rings is 1. The van der Waals surface area contributed by atoms with Crippen molar-refractivity contribution < 1.29 is 18.2 Å². The van der Waals surface area contributed by atoms with Crippen LogP contribution in [0.2, 0.25) is 18.1 Å². The van der Waals surface area contributed by atoms with Crippen molar-refractivity contribution in [1.29, 1.82) is 0 Å². The van der Waals surface area contributed by atoms with Crippen molar-refractivity contribution in [3.8, 4) is 0 Å². The van der Waals surface area contributed by atoms with Crippen molar-refractivity contribution in [2.45, 2.75) is 108 Å². The summed E-state index contributed by atoms with van der Waals surface area (Å²) in [5.41, 5.74) is -0.850. The molecule has 39 heavy (non-hydrogen) atoms. The lowest BCUT2D eigenvalue weighted by molar-refractivity contribution is -0.0367. The molecule has 2 aromatic heterocycles. The molecule has 4 heterocycles. The third-order valence-electron chi connectivity index (χ3n) is 8.95. The van der Waals surface area contributed by atoms with Gasteiger partial charge in [0.05, 0.1) is 31.5 Å². The Hall–Kier alpha value is -0.853. The van der Waals surface area contributed by atoms with Gasteiger partial charge in [-0.3, -0.25) is 9.36 Å². The SMILES string of the molecule is C=C(C)[C@H]1CC[C@@]2(C)S[P@](=S)(OC[C@H]3O[C@@H](n4cnc5c(=O)[nH]cnc54)CC3O[Si](C)(C)C(C)(C)C)O[C@@H]2C1. The molecule has 1 saturated carbocycles. The lowest BCUT2D eigenvalue weighted by atomic mass is 9.77. The van der Waals surface area contributed by atoms with E-state index < -0.39 is 14.0 Å². The monoisotopic (exact) mass is 612 g/mol. The number of H-pyrrole nitrogens is 1. The fourth-order valence-corrected chi connectivity index (χ4v) is 13.9. The summed E-state index contributed by atoms with van der Waals surface area (Å²) in [6.45, 7) is 20.0. The topological polar surface area (TPSA) is 100 Å². The molecular weight excluding hydrogens is 572 g/mol. The van der Waals surface area contributed by atoms with Crippen LogP contribution in [0, 0.1) is 5.92 Å². The first kappa shape index (κ1) is 29.6. The first-order valence-corrected chi connectivity index (χ1v) is 20.6. The molecule has 0 spiro atoms. The second-order valence-corrected chi connectivity index (χ2v) is 24.3. The molecule has 1 unspecified atom stereocenters. The van der Waals surface area contributed by atoms with Crippen LogP contribution in [0.15, 0.2) is 29.6 Å². The van der Waals surface area contributed by atoms with E-state index in [1.165, 1.54) is 11.9 Å². The summed E-state index contributed by atoms with van der Waals surface area (Å²) in [5, 5.41) is 0.0355.